The summed E-state index contributed by atoms with van der Waals surface area (Å²) < 4.78 is 5.91. The molecule has 0 bridgehead atoms. The van der Waals surface area contributed by atoms with Gasteiger partial charge in [0, 0.05) is 28.6 Å². The van der Waals surface area contributed by atoms with Gasteiger partial charge in [0.1, 0.15) is 6.61 Å². The first kappa shape index (κ1) is 23.3. The molecule has 170 valence electrons. The molecule has 0 radical (unpaired) electrons. The molecule has 1 N–H and O–H groups in total. The van der Waals surface area contributed by atoms with Crippen LogP contribution >= 0.6 is 15.9 Å². The zero-order chi connectivity index (χ0) is 23.9. The number of ether oxygens (including phenoxy) is 1. The van der Waals surface area contributed by atoms with E-state index in [2.05, 4.69) is 27.2 Å². The number of hydrogen-bond donors (Lipinski definition) is 1. The van der Waals surface area contributed by atoms with Crippen LogP contribution in [0.2, 0.25) is 0 Å². The number of hydrazone groups is 1. The van der Waals surface area contributed by atoms with Crippen molar-refractivity contribution < 1.29 is 14.3 Å². The van der Waals surface area contributed by atoms with Crippen LogP contribution in [0.4, 0.5) is 10.5 Å². The lowest BCUT2D eigenvalue weighted by Gasteiger charge is -2.22. The van der Waals surface area contributed by atoms with Crippen LogP contribution in [0.1, 0.15) is 40.4 Å². The molecule has 0 saturated heterocycles. The first-order valence-corrected chi connectivity index (χ1v) is 11.5. The number of carbonyl (C=O) groups is 2. The number of amides is 2. The molecule has 3 aromatic rings. The van der Waals surface area contributed by atoms with E-state index >= 15 is 0 Å². The number of anilines is 1. The van der Waals surface area contributed by atoms with Gasteiger partial charge in [0.05, 0.1) is 11.8 Å². The largest absolute Gasteiger partial charge is 0.448 e. The van der Waals surface area contributed by atoms with Crippen LogP contribution in [-0.2, 0) is 4.74 Å². The van der Waals surface area contributed by atoms with Crippen LogP contribution in [0.25, 0.3) is 0 Å². The summed E-state index contributed by atoms with van der Waals surface area (Å²) in [5.41, 5.74) is 3.84. The molecule has 0 aliphatic carbocycles. The number of carbonyl (C=O) groups excluding carboxylic acids is 2. The Hall–Kier alpha value is -3.89. The summed E-state index contributed by atoms with van der Waals surface area (Å²) in [4.78, 5) is 25.2. The van der Waals surface area contributed by atoms with Crippen LogP contribution in [0.5, 0.6) is 0 Å². The van der Waals surface area contributed by atoms with Gasteiger partial charge in [-0.3, -0.25) is 10.1 Å². The van der Waals surface area contributed by atoms with E-state index in [-0.39, 0.29) is 18.6 Å². The van der Waals surface area contributed by atoms with Crippen molar-refractivity contribution in [3.05, 3.63) is 100 Å². The van der Waals surface area contributed by atoms with Gasteiger partial charge in [-0.15, -0.1) is 12.3 Å². The van der Waals surface area contributed by atoms with Gasteiger partial charge in [-0.1, -0.05) is 58.4 Å². The van der Waals surface area contributed by atoms with E-state index in [1.165, 1.54) is 0 Å². The summed E-state index contributed by atoms with van der Waals surface area (Å²) in [6.07, 6.45) is 5.54. The molecule has 1 aliphatic rings. The lowest BCUT2D eigenvalue weighted by Crippen LogP contribution is -2.27. The monoisotopic (exact) mass is 515 g/mol. The fourth-order valence-electron chi connectivity index (χ4n) is 3.63. The summed E-state index contributed by atoms with van der Waals surface area (Å²) in [7, 11) is 0. The summed E-state index contributed by atoms with van der Waals surface area (Å²) in [6, 6.07) is 24.2. The highest BCUT2D eigenvalue weighted by Crippen LogP contribution is 2.34. The smallest absolute Gasteiger partial charge is 0.411 e. The van der Waals surface area contributed by atoms with E-state index in [0.29, 0.717) is 24.1 Å². The molecule has 2 amide bonds. The summed E-state index contributed by atoms with van der Waals surface area (Å²) in [5, 5.41) is 8.94. The Balaban J connectivity index is 1.55. The van der Waals surface area contributed by atoms with Gasteiger partial charge < -0.3 is 4.74 Å². The van der Waals surface area contributed by atoms with Gasteiger partial charge in [-0.2, -0.15) is 5.10 Å². The minimum atomic E-state index is -0.559. The molecular weight excluding hydrogens is 494 g/mol. The van der Waals surface area contributed by atoms with Crippen LogP contribution in [0.15, 0.2) is 88.4 Å². The maximum absolute atomic E-state index is 13.3. The van der Waals surface area contributed by atoms with Gasteiger partial charge in [-0.05, 0) is 47.5 Å². The molecule has 1 heterocycles. The first-order valence-electron chi connectivity index (χ1n) is 10.7. The number of terminal acetylenes is 1. The van der Waals surface area contributed by atoms with Crippen molar-refractivity contribution in [2.75, 3.05) is 11.9 Å². The third-order valence-corrected chi connectivity index (χ3v) is 5.87. The van der Waals surface area contributed by atoms with Crippen molar-refractivity contribution in [3.8, 4) is 12.3 Å². The normalized spacial score (nSPS) is 14.8. The summed E-state index contributed by atoms with van der Waals surface area (Å²) >= 11 is 3.41. The van der Waals surface area contributed by atoms with Gasteiger partial charge in [0.15, 0.2) is 0 Å². The molecule has 7 heteroatoms. The molecule has 34 heavy (non-hydrogen) atoms. The van der Waals surface area contributed by atoms with Crippen molar-refractivity contribution >= 4 is 39.3 Å². The van der Waals surface area contributed by atoms with E-state index in [1.807, 2.05) is 54.6 Å². The first-order chi connectivity index (χ1) is 16.5. The standard InChI is InChI=1S/C27H22BrN3O3/c1-2-3-17-34-27(33)29-23-15-11-19(12-16-23)24-18-25(20-7-5-4-6-8-20)31(30-24)26(32)21-9-13-22(28)14-10-21/h1,4-16,25H,3,17-18H2,(H,29,33). The zero-order valence-corrected chi connectivity index (χ0v) is 19.9. The highest BCUT2D eigenvalue weighted by molar-refractivity contribution is 9.10. The van der Waals surface area contributed by atoms with Crippen LogP contribution in [0, 0.1) is 12.3 Å². The Morgan fingerprint density at radius 3 is 2.44 bits per heavy atom. The fourth-order valence-corrected chi connectivity index (χ4v) is 3.90. The predicted octanol–water partition coefficient (Wildman–Crippen LogP) is 6.01. The average molecular weight is 516 g/mol. The van der Waals surface area contributed by atoms with Gasteiger partial charge in [0.2, 0.25) is 0 Å². The van der Waals surface area contributed by atoms with Gasteiger partial charge >= 0.3 is 6.09 Å². The molecule has 1 atom stereocenters. The highest BCUT2D eigenvalue weighted by atomic mass is 79.9. The maximum Gasteiger partial charge on any atom is 0.411 e. The SMILES string of the molecule is C#CCCOC(=O)Nc1ccc(C2=NN(C(=O)c3ccc(Br)cc3)C(c3ccccc3)C2)cc1. The molecule has 1 aliphatic heterocycles. The minimum absolute atomic E-state index is 0.163. The van der Waals surface area contributed by atoms with E-state index < -0.39 is 6.09 Å². The third kappa shape index (κ3) is 5.53. The van der Waals surface area contributed by atoms with E-state index in [1.54, 1.807) is 29.3 Å². The highest BCUT2D eigenvalue weighted by Gasteiger charge is 2.33. The molecule has 0 fully saturated rings. The molecule has 6 nitrogen and oxygen atoms in total. The van der Waals surface area contributed by atoms with E-state index in [0.717, 1.165) is 21.3 Å². The summed E-state index contributed by atoms with van der Waals surface area (Å²) in [5.74, 6) is 2.25. The lowest BCUT2D eigenvalue weighted by molar-refractivity contribution is 0.0711. The second-order valence-electron chi connectivity index (χ2n) is 7.63. The fraction of sp³-hybridized carbons (Fsp3) is 0.148. The van der Waals surface area contributed by atoms with Crippen LogP contribution in [0.3, 0.4) is 0 Å². The lowest BCUT2D eigenvalue weighted by atomic mass is 9.98. The molecule has 1 unspecified atom stereocenters. The van der Waals surface area contributed by atoms with Crippen LogP contribution < -0.4 is 5.32 Å². The van der Waals surface area contributed by atoms with Gasteiger partial charge in [0.25, 0.3) is 5.91 Å². The minimum Gasteiger partial charge on any atom is -0.448 e. The molecule has 0 saturated carbocycles. The van der Waals surface area contributed by atoms with Crippen molar-refractivity contribution in [1.82, 2.24) is 5.01 Å². The molecular formula is C27H22BrN3O3. The summed E-state index contributed by atoms with van der Waals surface area (Å²) in [6.45, 7) is 0.167. The van der Waals surface area contributed by atoms with Crippen LogP contribution in [-0.4, -0.2) is 29.3 Å². The predicted molar refractivity (Wildman–Crippen MR) is 136 cm³/mol. The number of nitrogens with zero attached hydrogens (tertiary/aromatic N) is 2. The number of rotatable bonds is 6. The third-order valence-electron chi connectivity index (χ3n) is 5.34. The molecule has 4 rings (SSSR count). The quantitative estimate of drug-likeness (QED) is 0.322. The average Bonchev–Trinajstić information content (AvgIpc) is 3.31. The van der Waals surface area contributed by atoms with Crippen molar-refractivity contribution in [3.63, 3.8) is 0 Å². The van der Waals surface area contributed by atoms with Crippen molar-refractivity contribution in [2.45, 2.75) is 18.9 Å². The Morgan fingerprint density at radius 2 is 1.76 bits per heavy atom. The topological polar surface area (TPSA) is 71.0 Å². The zero-order valence-electron chi connectivity index (χ0n) is 18.3. The Kier molecular flexibility index (Phi) is 7.41. The number of hydrogen-bond acceptors (Lipinski definition) is 4. The Labute approximate surface area is 206 Å². The second-order valence-corrected chi connectivity index (χ2v) is 8.54. The molecule has 0 spiro atoms. The van der Waals surface area contributed by atoms with E-state index in [4.69, 9.17) is 16.3 Å². The van der Waals surface area contributed by atoms with Crippen molar-refractivity contribution in [2.24, 2.45) is 5.10 Å². The van der Waals surface area contributed by atoms with Gasteiger partial charge in [-0.25, -0.2) is 9.80 Å². The molecule has 0 aromatic heterocycles. The second kappa shape index (κ2) is 10.8. The number of halogens is 1. The maximum atomic E-state index is 13.3. The Morgan fingerprint density at radius 1 is 1.06 bits per heavy atom. The van der Waals surface area contributed by atoms with Crippen molar-refractivity contribution in [1.29, 1.82) is 0 Å². The Bertz CT molecular complexity index is 1230. The van der Waals surface area contributed by atoms with E-state index in [9.17, 15) is 9.59 Å². The number of nitrogens with one attached hydrogen (secondary N) is 1. The number of benzene rings is 3. The molecule has 3 aromatic carbocycles.